The highest BCUT2D eigenvalue weighted by atomic mass is 32.1. The zero-order valence-electron chi connectivity index (χ0n) is 12.6. The molecule has 2 heterocycles. The summed E-state index contributed by atoms with van der Waals surface area (Å²) in [5.74, 6) is 0.217. The first-order valence-corrected chi connectivity index (χ1v) is 7.85. The van der Waals surface area contributed by atoms with Gasteiger partial charge in [0.2, 0.25) is 0 Å². The summed E-state index contributed by atoms with van der Waals surface area (Å²) in [5, 5.41) is 1.83. The van der Waals surface area contributed by atoms with Crippen LogP contribution in [0, 0.1) is 0 Å². The number of H-pyrrole nitrogens is 1. The van der Waals surface area contributed by atoms with E-state index < -0.39 is 0 Å². The summed E-state index contributed by atoms with van der Waals surface area (Å²) < 4.78 is 10.6. The highest BCUT2D eigenvalue weighted by Gasteiger charge is 2.14. The number of aromatic nitrogens is 2. The van der Waals surface area contributed by atoms with Crippen LogP contribution in [0.2, 0.25) is 0 Å². The maximum atomic E-state index is 12.0. The molecule has 0 aliphatic carbocycles. The van der Waals surface area contributed by atoms with E-state index in [1.807, 2.05) is 16.3 Å². The number of esters is 1. The molecule has 0 saturated carbocycles. The number of fused-ring (bicyclic) bond motifs is 1. The monoisotopic (exact) mass is 325 g/mol. The Morgan fingerprint density at radius 1 is 1.50 bits per heavy atom. The molecule has 0 atom stereocenters. The van der Waals surface area contributed by atoms with Gasteiger partial charge in [-0.15, -0.1) is 11.3 Å². The third-order valence-corrected chi connectivity index (χ3v) is 3.91. The van der Waals surface area contributed by atoms with Crippen LogP contribution < -0.4 is 5.56 Å². The smallest absolute Gasteiger partial charge is 0.320 e. The van der Waals surface area contributed by atoms with E-state index in [2.05, 4.69) is 9.97 Å². The lowest BCUT2D eigenvalue weighted by molar-refractivity contribution is -0.144. The molecule has 0 aromatic carbocycles. The van der Waals surface area contributed by atoms with Crippen LogP contribution in [-0.2, 0) is 20.8 Å². The van der Waals surface area contributed by atoms with Crippen LogP contribution in [0.15, 0.2) is 16.2 Å². The van der Waals surface area contributed by atoms with Gasteiger partial charge in [0, 0.05) is 13.7 Å². The van der Waals surface area contributed by atoms with Crippen molar-refractivity contribution in [2.24, 2.45) is 0 Å². The van der Waals surface area contributed by atoms with Crippen molar-refractivity contribution in [2.45, 2.75) is 13.5 Å². The molecule has 0 aliphatic rings. The zero-order chi connectivity index (χ0) is 15.9. The van der Waals surface area contributed by atoms with Crippen LogP contribution in [0.1, 0.15) is 12.7 Å². The van der Waals surface area contributed by atoms with Crippen molar-refractivity contribution in [1.82, 2.24) is 14.9 Å². The maximum absolute atomic E-state index is 12.0. The molecule has 8 heteroatoms. The molecule has 7 nitrogen and oxygen atoms in total. The number of carbonyl (C=O) groups is 1. The highest BCUT2D eigenvalue weighted by molar-refractivity contribution is 7.17. The molecule has 22 heavy (non-hydrogen) atoms. The average Bonchev–Trinajstić information content (AvgIpc) is 2.94. The van der Waals surface area contributed by atoms with E-state index in [0.29, 0.717) is 42.3 Å². The standard InChI is InChI=1S/C14H19N3O4S/c1-3-21-12(18)9-17(5-6-20-2)8-11-15-10-4-7-22-13(10)14(19)16-11/h4,7H,3,5-6,8-9H2,1-2H3,(H,15,16,19). The number of aromatic amines is 1. The number of ether oxygens (including phenoxy) is 2. The predicted octanol–water partition coefficient (Wildman–Crippen LogP) is 0.996. The fourth-order valence-corrected chi connectivity index (χ4v) is 2.76. The van der Waals surface area contributed by atoms with Crippen LogP contribution in [0.4, 0.5) is 0 Å². The number of nitrogens with one attached hydrogen (secondary N) is 1. The summed E-state index contributed by atoms with van der Waals surface area (Å²) in [6, 6.07) is 1.81. The fraction of sp³-hybridized carbons (Fsp3) is 0.500. The SMILES string of the molecule is CCOC(=O)CN(CCOC)Cc1nc2ccsc2c(=O)[nH]1. The van der Waals surface area contributed by atoms with Gasteiger partial charge in [0.25, 0.3) is 5.56 Å². The van der Waals surface area contributed by atoms with Crippen molar-refractivity contribution in [3.05, 3.63) is 27.6 Å². The van der Waals surface area contributed by atoms with Crippen LogP contribution in [-0.4, -0.2) is 54.3 Å². The molecule has 0 radical (unpaired) electrons. The lowest BCUT2D eigenvalue weighted by Crippen LogP contribution is -2.34. The van der Waals surface area contributed by atoms with Crippen molar-refractivity contribution in [3.63, 3.8) is 0 Å². The fourth-order valence-electron chi connectivity index (χ4n) is 2.03. The van der Waals surface area contributed by atoms with Gasteiger partial charge in [0.15, 0.2) is 0 Å². The van der Waals surface area contributed by atoms with E-state index >= 15 is 0 Å². The average molecular weight is 325 g/mol. The van der Waals surface area contributed by atoms with Gasteiger partial charge in [0.05, 0.1) is 31.8 Å². The maximum Gasteiger partial charge on any atom is 0.320 e. The van der Waals surface area contributed by atoms with Crippen LogP contribution in [0.3, 0.4) is 0 Å². The van der Waals surface area contributed by atoms with E-state index in [1.165, 1.54) is 11.3 Å². The number of nitrogens with zero attached hydrogens (tertiary/aromatic N) is 2. The summed E-state index contributed by atoms with van der Waals surface area (Å²) in [6.45, 7) is 3.60. The molecule has 2 aromatic heterocycles. The number of hydrogen-bond donors (Lipinski definition) is 1. The molecule has 0 amide bonds. The number of carbonyl (C=O) groups excluding carboxylic acids is 1. The van der Waals surface area contributed by atoms with E-state index in [0.717, 1.165) is 0 Å². The highest BCUT2D eigenvalue weighted by Crippen LogP contribution is 2.14. The minimum Gasteiger partial charge on any atom is -0.465 e. The number of thiophene rings is 1. The van der Waals surface area contributed by atoms with E-state index in [-0.39, 0.29) is 18.1 Å². The van der Waals surface area contributed by atoms with Gasteiger partial charge in [0.1, 0.15) is 10.5 Å². The van der Waals surface area contributed by atoms with Gasteiger partial charge in [-0.3, -0.25) is 14.5 Å². The van der Waals surface area contributed by atoms with Gasteiger partial charge in [-0.2, -0.15) is 0 Å². The van der Waals surface area contributed by atoms with Gasteiger partial charge < -0.3 is 14.5 Å². The molecule has 0 saturated heterocycles. The second-order valence-corrected chi connectivity index (χ2v) is 5.57. The Bertz CT molecular complexity index is 682. The molecule has 1 N–H and O–H groups in total. The van der Waals surface area contributed by atoms with Crippen molar-refractivity contribution in [1.29, 1.82) is 0 Å². The largest absolute Gasteiger partial charge is 0.465 e. The minimum absolute atomic E-state index is 0.128. The van der Waals surface area contributed by atoms with Crippen molar-refractivity contribution < 1.29 is 14.3 Å². The Hall–Kier alpha value is -1.77. The molecular formula is C14H19N3O4S. The topological polar surface area (TPSA) is 84.5 Å². The van der Waals surface area contributed by atoms with Crippen LogP contribution in [0.25, 0.3) is 10.2 Å². The second kappa shape index (κ2) is 8.02. The lowest BCUT2D eigenvalue weighted by Gasteiger charge is -2.20. The first-order chi connectivity index (χ1) is 10.6. The zero-order valence-corrected chi connectivity index (χ0v) is 13.4. The summed E-state index contributed by atoms with van der Waals surface area (Å²) in [6.07, 6.45) is 0. The summed E-state index contributed by atoms with van der Waals surface area (Å²) in [7, 11) is 1.60. The first-order valence-electron chi connectivity index (χ1n) is 6.97. The number of methoxy groups -OCH3 is 1. The summed E-state index contributed by atoms with van der Waals surface area (Å²) in [5.41, 5.74) is 0.518. The Labute approximate surface area is 131 Å². The number of hydrogen-bond acceptors (Lipinski definition) is 7. The van der Waals surface area contributed by atoms with Gasteiger partial charge in [-0.05, 0) is 18.4 Å². The molecule has 0 bridgehead atoms. The molecule has 0 aliphatic heterocycles. The van der Waals surface area contributed by atoms with Gasteiger partial charge in [-0.25, -0.2) is 4.98 Å². The molecule has 120 valence electrons. The Morgan fingerprint density at radius 2 is 2.32 bits per heavy atom. The second-order valence-electron chi connectivity index (χ2n) is 4.66. The Kier molecular flexibility index (Phi) is 6.05. The van der Waals surface area contributed by atoms with Gasteiger partial charge in [-0.1, -0.05) is 0 Å². The third-order valence-electron chi connectivity index (χ3n) is 3.01. The molecule has 0 spiro atoms. The van der Waals surface area contributed by atoms with E-state index in [1.54, 1.807) is 14.0 Å². The molecule has 2 rings (SSSR count). The Balaban J connectivity index is 2.12. The Morgan fingerprint density at radius 3 is 3.05 bits per heavy atom. The summed E-state index contributed by atoms with van der Waals surface area (Å²) >= 11 is 1.36. The first kappa shape index (κ1) is 16.6. The van der Waals surface area contributed by atoms with Crippen molar-refractivity contribution in [2.75, 3.05) is 33.4 Å². The van der Waals surface area contributed by atoms with Crippen LogP contribution in [0.5, 0.6) is 0 Å². The van der Waals surface area contributed by atoms with E-state index in [4.69, 9.17) is 9.47 Å². The third kappa shape index (κ3) is 4.36. The molecule has 0 unspecified atom stereocenters. The van der Waals surface area contributed by atoms with Gasteiger partial charge >= 0.3 is 5.97 Å². The quantitative estimate of drug-likeness (QED) is 0.729. The number of rotatable bonds is 8. The normalized spacial score (nSPS) is 11.2. The van der Waals surface area contributed by atoms with Crippen molar-refractivity contribution >= 4 is 27.5 Å². The molecule has 0 fully saturated rings. The lowest BCUT2D eigenvalue weighted by atomic mass is 10.4. The minimum atomic E-state index is -0.308. The van der Waals surface area contributed by atoms with Crippen molar-refractivity contribution in [3.8, 4) is 0 Å². The summed E-state index contributed by atoms with van der Waals surface area (Å²) in [4.78, 5) is 32.6. The molecule has 2 aromatic rings. The predicted molar refractivity (Wildman–Crippen MR) is 84.0 cm³/mol. The van der Waals surface area contributed by atoms with E-state index in [9.17, 15) is 9.59 Å². The molecular weight excluding hydrogens is 306 g/mol. The van der Waals surface area contributed by atoms with Crippen LogP contribution >= 0.6 is 11.3 Å².